The molecule has 1 rings (SSSR count). The maximum atomic E-state index is 11.6. The Hall–Kier alpha value is -1.34. The number of hydrogen-bond donors (Lipinski definition) is 2. The van der Waals surface area contributed by atoms with Gasteiger partial charge in [0.1, 0.15) is 5.60 Å². The van der Waals surface area contributed by atoms with Crippen LogP contribution >= 0.6 is 0 Å². The fraction of sp³-hybridized carbons (Fsp3) is 0.833. The minimum absolute atomic E-state index is 0.121. The van der Waals surface area contributed by atoms with E-state index in [9.17, 15) is 9.59 Å². The number of rotatable bonds is 3. The molecule has 1 saturated heterocycles. The molecule has 1 unspecified atom stereocenters. The van der Waals surface area contributed by atoms with Crippen LogP contribution in [-0.4, -0.2) is 54.7 Å². The highest BCUT2D eigenvalue weighted by atomic mass is 16.6. The summed E-state index contributed by atoms with van der Waals surface area (Å²) in [5, 5.41) is 11.6. The van der Waals surface area contributed by atoms with E-state index < -0.39 is 29.9 Å². The minimum atomic E-state index is -1.07. The monoisotopic (exact) mass is 275 g/mol. The van der Waals surface area contributed by atoms with Crippen molar-refractivity contribution in [2.24, 2.45) is 0 Å². The van der Waals surface area contributed by atoms with Gasteiger partial charge in [-0.2, -0.15) is 0 Å². The molecule has 1 amide bonds. The molecule has 0 saturated carbocycles. The van der Waals surface area contributed by atoms with Gasteiger partial charge in [0, 0.05) is 7.11 Å². The number of carboxylic acids is 1. The summed E-state index contributed by atoms with van der Waals surface area (Å²) in [6.07, 6.45) is -1.77. The van der Waals surface area contributed by atoms with Crippen molar-refractivity contribution in [2.75, 3.05) is 13.7 Å². The maximum Gasteiger partial charge on any atom is 0.407 e. The first-order valence-electron chi connectivity index (χ1n) is 6.09. The summed E-state index contributed by atoms with van der Waals surface area (Å²) in [4.78, 5) is 22.5. The largest absolute Gasteiger partial charge is 0.479 e. The van der Waals surface area contributed by atoms with E-state index in [2.05, 4.69) is 5.32 Å². The molecule has 0 spiro atoms. The second-order valence-electron chi connectivity index (χ2n) is 5.45. The number of methoxy groups -OCH3 is 1. The molecule has 3 atom stereocenters. The van der Waals surface area contributed by atoms with Crippen LogP contribution in [0.5, 0.6) is 0 Å². The molecular formula is C12H21NO6. The Kier molecular flexibility index (Phi) is 5.13. The molecule has 1 fully saturated rings. The standard InChI is InChI=1S/C12H21NO6/c1-12(2,3)19-11(16)13-7-5-8(17-4)9(10(14)15)18-6-7/h7-9H,5-6H2,1-4H3,(H,13,16)(H,14,15)/t7-,8?,9+/m1/s1. The van der Waals surface area contributed by atoms with Crippen LogP contribution in [0.4, 0.5) is 4.79 Å². The Morgan fingerprint density at radius 1 is 1.37 bits per heavy atom. The van der Waals surface area contributed by atoms with Crippen LogP contribution in [0.3, 0.4) is 0 Å². The van der Waals surface area contributed by atoms with Gasteiger partial charge in [0.15, 0.2) is 6.10 Å². The average Bonchev–Trinajstić information content (AvgIpc) is 2.25. The third-order valence-electron chi connectivity index (χ3n) is 2.60. The zero-order chi connectivity index (χ0) is 14.6. The first-order valence-corrected chi connectivity index (χ1v) is 6.09. The molecule has 1 aliphatic rings. The summed E-state index contributed by atoms with van der Waals surface area (Å²) in [5.41, 5.74) is -0.579. The van der Waals surface area contributed by atoms with Gasteiger partial charge in [-0.15, -0.1) is 0 Å². The molecule has 0 aromatic carbocycles. The lowest BCUT2D eigenvalue weighted by molar-refractivity contribution is -0.168. The molecule has 0 aromatic rings. The van der Waals surface area contributed by atoms with E-state index in [4.69, 9.17) is 19.3 Å². The molecule has 0 radical (unpaired) electrons. The molecule has 1 aliphatic heterocycles. The van der Waals surface area contributed by atoms with Crippen molar-refractivity contribution in [3.8, 4) is 0 Å². The third-order valence-corrected chi connectivity index (χ3v) is 2.60. The van der Waals surface area contributed by atoms with Gasteiger partial charge < -0.3 is 24.6 Å². The van der Waals surface area contributed by atoms with E-state index >= 15 is 0 Å². The highest BCUT2D eigenvalue weighted by molar-refractivity contribution is 5.73. The highest BCUT2D eigenvalue weighted by Crippen LogP contribution is 2.18. The third kappa shape index (κ3) is 5.04. The summed E-state index contributed by atoms with van der Waals surface area (Å²) in [5.74, 6) is -1.07. The zero-order valence-electron chi connectivity index (χ0n) is 11.6. The van der Waals surface area contributed by atoms with Crippen molar-refractivity contribution in [3.05, 3.63) is 0 Å². The summed E-state index contributed by atoms with van der Waals surface area (Å²) >= 11 is 0. The second-order valence-corrected chi connectivity index (χ2v) is 5.45. The number of carbonyl (C=O) groups is 2. The molecule has 7 heteroatoms. The molecule has 0 aromatic heterocycles. The Bertz CT molecular complexity index is 338. The number of carboxylic acid groups (broad SMARTS) is 1. The van der Waals surface area contributed by atoms with Crippen molar-refractivity contribution in [3.63, 3.8) is 0 Å². The van der Waals surface area contributed by atoms with E-state index in [1.54, 1.807) is 20.8 Å². The maximum absolute atomic E-state index is 11.6. The zero-order valence-corrected chi connectivity index (χ0v) is 11.6. The summed E-state index contributed by atoms with van der Waals surface area (Å²) in [6.45, 7) is 5.42. The summed E-state index contributed by atoms with van der Waals surface area (Å²) in [6, 6.07) is -0.324. The number of nitrogens with one attached hydrogen (secondary N) is 1. The van der Waals surface area contributed by atoms with E-state index in [0.717, 1.165) is 0 Å². The van der Waals surface area contributed by atoms with Crippen LogP contribution < -0.4 is 5.32 Å². The Morgan fingerprint density at radius 3 is 2.47 bits per heavy atom. The van der Waals surface area contributed by atoms with Crippen LogP contribution in [-0.2, 0) is 19.0 Å². The van der Waals surface area contributed by atoms with E-state index in [-0.39, 0.29) is 12.6 Å². The lowest BCUT2D eigenvalue weighted by Crippen LogP contribution is -2.52. The van der Waals surface area contributed by atoms with E-state index in [1.807, 2.05) is 0 Å². The van der Waals surface area contributed by atoms with Crippen LogP contribution in [0.2, 0.25) is 0 Å². The smallest absolute Gasteiger partial charge is 0.407 e. The predicted octanol–water partition coefficient (Wildman–Crippen LogP) is 0.768. The van der Waals surface area contributed by atoms with Crippen LogP contribution in [0.25, 0.3) is 0 Å². The molecule has 7 nitrogen and oxygen atoms in total. The van der Waals surface area contributed by atoms with E-state index in [0.29, 0.717) is 6.42 Å². The van der Waals surface area contributed by atoms with Crippen molar-refractivity contribution in [2.45, 2.75) is 51.0 Å². The number of amides is 1. The van der Waals surface area contributed by atoms with Crippen molar-refractivity contribution in [1.29, 1.82) is 0 Å². The number of hydrogen-bond acceptors (Lipinski definition) is 5. The molecule has 0 bridgehead atoms. The predicted molar refractivity (Wildman–Crippen MR) is 65.9 cm³/mol. The lowest BCUT2D eigenvalue weighted by Gasteiger charge is -2.33. The molecule has 110 valence electrons. The fourth-order valence-corrected chi connectivity index (χ4v) is 1.82. The Balaban J connectivity index is 2.50. The van der Waals surface area contributed by atoms with Gasteiger partial charge in [-0.05, 0) is 27.2 Å². The number of aliphatic carboxylic acids is 1. The highest BCUT2D eigenvalue weighted by Gasteiger charge is 2.37. The van der Waals surface area contributed by atoms with Crippen molar-refractivity contribution in [1.82, 2.24) is 5.32 Å². The van der Waals surface area contributed by atoms with Gasteiger partial charge in [-0.1, -0.05) is 0 Å². The average molecular weight is 275 g/mol. The van der Waals surface area contributed by atoms with E-state index in [1.165, 1.54) is 7.11 Å². The topological polar surface area (TPSA) is 94.1 Å². The SMILES string of the molecule is COC1C[C@@H](NC(=O)OC(C)(C)C)CO[C@@H]1C(=O)O. The minimum Gasteiger partial charge on any atom is -0.479 e. The van der Waals surface area contributed by atoms with Gasteiger partial charge in [-0.25, -0.2) is 9.59 Å². The quantitative estimate of drug-likeness (QED) is 0.790. The van der Waals surface area contributed by atoms with Crippen molar-refractivity contribution < 1.29 is 28.9 Å². The first-order chi connectivity index (χ1) is 8.73. The number of alkyl carbamates (subject to hydrolysis) is 1. The van der Waals surface area contributed by atoms with Gasteiger partial charge in [0.05, 0.1) is 18.8 Å². The fourth-order valence-electron chi connectivity index (χ4n) is 1.82. The van der Waals surface area contributed by atoms with Gasteiger partial charge in [-0.3, -0.25) is 0 Å². The first kappa shape index (κ1) is 15.7. The molecular weight excluding hydrogens is 254 g/mol. The van der Waals surface area contributed by atoms with Crippen LogP contribution in [0, 0.1) is 0 Å². The Labute approximate surface area is 112 Å². The Morgan fingerprint density at radius 2 is 2.00 bits per heavy atom. The summed E-state index contributed by atoms with van der Waals surface area (Å²) in [7, 11) is 1.42. The molecule has 2 N–H and O–H groups in total. The second kappa shape index (κ2) is 6.21. The van der Waals surface area contributed by atoms with Crippen LogP contribution in [0.15, 0.2) is 0 Å². The van der Waals surface area contributed by atoms with Gasteiger partial charge in [0.2, 0.25) is 0 Å². The molecule has 1 heterocycles. The molecule has 19 heavy (non-hydrogen) atoms. The summed E-state index contributed by atoms with van der Waals surface area (Å²) < 4.78 is 15.4. The van der Waals surface area contributed by atoms with Gasteiger partial charge >= 0.3 is 12.1 Å². The number of ether oxygens (including phenoxy) is 3. The normalized spacial score (nSPS) is 27.7. The molecule has 0 aliphatic carbocycles. The lowest BCUT2D eigenvalue weighted by atomic mass is 10.0. The number of carbonyl (C=O) groups excluding carboxylic acids is 1. The van der Waals surface area contributed by atoms with Crippen molar-refractivity contribution >= 4 is 12.1 Å². The van der Waals surface area contributed by atoms with Gasteiger partial charge in [0.25, 0.3) is 0 Å². The van der Waals surface area contributed by atoms with Crippen LogP contribution in [0.1, 0.15) is 27.2 Å².